The van der Waals surface area contributed by atoms with Gasteiger partial charge in [-0.25, -0.2) is 14.8 Å². The number of carboxylic acid groups (broad SMARTS) is 1. The Labute approximate surface area is 115 Å². The molecule has 0 aliphatic heterocycles. The molecule has 1 aromatic heterocycles. The Morgan fingerprint density at radius 1 is 1.40 bits per heavy atom. The van der Waals surface area contributed by atoms with Crippen molar-refractivity contribution in [3.8, 4) is 6.07 Å². The summed E-state index contributed by atoms with van der Waals surface area (Å²) in [7, 11) is 1.83. The van der Waals surface area contributed by atoms with Gasteiger partial charge in [-0.1, -0.05) is 0 Å². The molecule has 100 valence electrons. The van der Waals surface area contributed by atoms with Crippen LogP contribution < -0.4 is 4.90 Å². The monoisotopic (exact) mass is 268 g/mol. The second kappa shape index (κ2) is 5.80. The summed E-state index contributed by atoms with van der Waals surface area (Å²) in [6.45, 7) is 0.343. The van der Waals surface area contributed by atoms with E-state index in [0.717, 1.165) is 5.69 Å². The number of carbonyl (C=O) groups is 1. The molecule has 0 saturated carbocycles. The maximum atomic E-state index is 11.1. The van der Waals surface area contributed by atoms with Crippen molar-refractivity contribution in [3.63, 3.8) is 0 Å². The van der Waals surface area contributed by atoms with E-state index >= 15 is 0 Å². The third-order valence-corrected chi connectivity index (χ3v) is 2.85. The van der Waals surface area contributed by atoms with Crippen molar-refractivity contribution in [3.05, 3.63) is 53.6 Å². The number of nitrogens with zero attached hydrogens (tertiary/aromatic N) is 4. The third-order valence-electron chi connectivity index (χ3n) is 2.85. The van der Waals surface area contributed by atoms with E-state index < -0.39 is 5.97 Å². The summed E-state index contributed by atoms with van der Waals surface area (Å²) >= 11 is 0. The molecule has 6 heteroatoms. The molecule has 0 aliphatic rings. The summed E-state index contributed by atoms with van der Waals surface area (Å²) in [5.41, 5.74) is 1.99. The van der Waals surface area contributed by atoms with Gasteiger partial charge in [0.05, 0.1) is 23.9 Å². The van der Waals surface area contributed by atoms with E-state index in [1.54, 1.807) is 24.3 Å². The number of benzene rings is 1. The summed E-state index contributed by atoms with van der Waals surface area (Å²) in [5, 5.41) is 17.8. The Morgan fingerprint density at radius 2 is 2.10 bits per heavy atom. The number of aromatic nitrogens is 2. The molecule has 0 radical (unpaired) electrons. The minimum atomic E-state index is -1.05. The van der Waals surface area contributed by atoms with Crippen molar-refractivity contribution in [2.75, 3.05) is 11.9 Å². The van der Waals surface area contributed by atoms with Gasteiger partial charge in [0.2, 0.25) is 0 Å². The Morgan fingerprint density at radius 3 is 2.70 bits per heavy atom. The van der Waals surface area contributed by atoms with Gasteiger partial charge in [0.25, 0.3) is 0 Å². The standard InChI is InChI=1S/C14H12N4O2/c1-18(11-4-2-10(6-15)3-5-11)8-13-12(14(19)20)7-16-9-17-13/h2-5,7,9H,8H2,1H3,(H,19,20). The summed E-state index contributed by atoms with van der Waals surface area (Å²) in [4.78, 5) is 20.7. The van der Waals surface area contributed by atoms with E-state index in [9.17, 15) is 4.79 Å². The van der Waals surface area contributed by atoms with E-state index in [1.165, 1.54) is 12.5 Å². The summed E-state index contributed by atoms with van der Waals surface area (Å²) in [6, 6.07) is 9.09. The van der Waals surface area contributed by atoms with Gasteiger partial charge in [-0.05, 0) is 24.3 Å². The van der Waals surface area contributed by atoms with E-state index in [-0.39, 0.29) is 5.56 Å². The zero-order chi connectivity index (χ0) is 14.5. The minimum Gasteiger partial charge on any atom is -0.478 e. The van der Waals surface area contributed by atoms with Crippen LogP contribution in [0.4, 0.5) is 5.69 Å². The normalized spacial score (nSPS) is 9.80. The lowest BCUT2D eigenvalue weighted by molar-refractivity contribution is 0.0694. The van der Waals surface area contributed by atoms with Crippen molar-refractivity contribution >= 4 is 11.7 Å². The molecule has 0 amide bonds. The summed E-state index contributed by atoms with van der Waals surface area (Å²) < 4.78 is 0. The van der Waals surface area contributed by atoms with Gasteiger partial charge in [0.1, 0.15) is 11.9 Å². The highest BCUT2D eigenvalue weighted by Crippen LogP contribution is 2.16. The quantitative estimate of drug-likeness (QED) is 0.907. The lowest BCUT2D eigenvalue weighted by Gasteiger charge is -2.19. The highest BCUT2D eigenvalue weighted by atomic mass is 16.4. The molecule has 0 aliphatic carbocycles. The first-order valence-electron chi connectivity index (χ1n) is 5.85. The molecule has 20 heavy (non-hydrogen) atoms. The molecular weight excluding hydrogens is 256 g/mol. The van der Waals surface area contributed by atoms with Crippen LogP contribution in [-0.2, 0) is 6.54 Å². The fourth-order valence-corrected chi connectivity index (χ4v) is 1.77. The average molecular weight is 268 g/mol. The fraction of sp³-hybridized carbons (Fsp3) is 0.143. The first-order chi connectivity index (χ1) is 9.61. The number of aromatic carboxylic acids is 1. The predicted octanol–water partition coefficient (Wildman–Crippen LogP) is 1.68. The molecule has 1 N–H and O–H groups in total. The highest BCUT2D eigenvalue weighted by Gasteiger charge is 2.13. The number of carboxylic acids is 1. The van der Waals surface area contributed by atoms with Crippen LogP contribution in [0.2, 0.25) is 0 Å². The molecule has 0 spiro atoms. The van der Waals surface area contributed by atoms with Gasteiger partial charge in [0.15, 0.2) is 0 Å². The summed E-state index contributed by atoms with van der Waals surface area (Å²) in [5.74, 6) is -1.05. The van der Waals surface area contributed by atoms with Crippen LogP contribution in [0.25, 0.3) is 0 Å². The largest absolute Gasteiger partial charge is 0.478 e. The Bertz CT molecular complexity index is 662. The van der Waals surface area contributed by atoms with Crippen LogP contribution >= 0.6 is 0 Å². The van der Waals surface area contributed by atoms with Crippen molar-refractivity contribution < 1.29 is 9.90 Å². The van der Waals surface area contributed by atoms with Crippen molar-refractivity contribution in [1.82, 2.24) is 9.97 Å². The first-order valence-corrected chi connectivity index (χ1v) is 5.85. The van der Waals surface area contributed by atoms with Gasteiger partial charge in [-0.2, -0.15) is 5.26 Å². The molecule has 6 nitrogen and oxygen atoms in total. The molecule has 0 fully saturated rings. The Kier molecular flexibility index (Phi) is 3.91. The number of nitriles is 1. The second-order valence-electron chi connectivity index (χ2n) is 4.20. The van der Waals surface area contributed by atoms with E-state index in [1.807, 2.05) is 11.9 Å². The molecule has 0 bridgehead atoms. The van der Waals surface area contributed by atoms with E-state index in [2.05, 4.69) is 16.0 Å². The highest BCUT2D eigenvalue weighted by molar-refractivity contribution is 5.88. The second-order valence-corrected chi connectivity index (χ2v) is 4.20. The number of anilines is 1. The van der Waals surface area contributed by atoms with Gasteiger partial charge in [-0.15, -0.1) is 0 Å². The number of rotatable bonds is 4. The molecule has 0 atom stereocenters. The Hall–Kier alpha value is -2.94. The number of hydrogen-bond donors (Lipinski definition) is 1. The predicted molar refractivity (Wildman–Crippen MR) is 72.3 cm³/mol. The van der Waals surface area contributed by atoms with Crippen LogP contribution in [0.3, 0.4) is 0 Å². The molecular formula is C14H12N4O2. The van der Waals surface area contributed by atoms with Crippen molar-refractivity contribution in [1.29, 1.82) is 5.26 Å². The lowest BCUT2D eigenvalue weighted by Crippen LogP contribution is -2.19. The van der Waals surface area contributed by atoms with Gasteiger partial charge < -0.3 is 10.0 Å². The van der Waals surface area contributed by atoms with Crippen LogP contribution in [0, 0.1) is 11.3 Å². The average Bonchev–Trinajstić information content (AvgIpc) is 2.47. The van der Waals surface area contributed by atoms with Crippen molar-refractivity contribution in [2.45, 2.75) is 6.54 Å². The first kappa shape index (κ1) is 13.5. The van der Waals surface area contributed by atoms with E-state index in [0.29, 0.717) is 17.8 Å². The molecule has 2 rings (SSSR count). The number of hydrogen-bond acceptors (Lipinski definition) is 5. The van der Waals surface area contributed by atoms with Gasteiger partial charge in [-0.3, -0.25) is 0 Å². The Balaban J connectivity index is 2.21. The maximum absolute atomic E-state index is 11.1. The molecule has 1 heterocycles. The fourth-order valence-electron chi connectivity index (χ4n) is 1.77. The SMILES string of the molecule is CN(Cc1ncncc1C(=O)O)c1ccc(C#N)cc1. The van der Waals surface area contributed by atoms with E-state index in [4.69, 9.17) is 10.4 Å². The summed E-state index contributed by atoms with van der Waals surface area (Å²) in [6.07, 6.45) is 2.62. The smallest absolute Gasteiger partial charge is 0.339 e. The zero-order valence-corrected chi connectivity index (χ0v) is 10.8. The molecule has 1 aromatic carbocycles. The molecule has 0 unspecified atom stereocenters. The van der Waals surface area contributed by atoms with Gasteiger partial charge >= 0.3 is 5.97 Å². The van der Waals surface area contributed by atoms with Crippen LogP contribution in [0.5, 0.6) is 0 Å². The van der Waals surface area contributed by atoms with Crippen LogP contribution in [0.1, 0.15) is 21.6 Å². The third kappa shape index (κ3) is 2.90. The van der Waals surface area contributed by atoms with Crippen LogP contribution in [0.15, 0.2) is 36.8 Å². The topological polar surface area (TPSA) is 90.1 Å². The van der Waals surface area contributed by atoms with Gasteiger partial charge in [0, 0.05) is 18.9 Å². The maximum Gasteiger partial charge on any atom is 0.339 e. The lowest BCUT2D eigenvalue weighted by atomic mass is 10.2. The zero-order valence-electron chi connectivity index (χ0n) is 10.8. The van der Waals surface area contributed by atoms with Crippen molar-refractivity contribution in [2.24, 2.45) is 0 Å². The minimum absolute atomic E-state index is 0.0907. The molecule has 2 aromatic rings. The van der Waals surface area contributed by atoms with Crippen LogP contribution in [-0.4, -0.2) is 28.1 Å². The molecule has 0 saturated heterocycles.